The molecule has 1 aliphatic rings. The van der Waals surface area contributed by atoms with Crippen molar-refractivity contribution >= 4 is 38.4 Å². The van der Waals surface area contributed by atoms with Gasteiger partial charge in [-0.25, -0.2) is 4.98 Å². The van der Waals surface area contributed by atoms with Crippen LogP contribution in [0.1, 0.15) is 26.9 Å². The summed E-state index contributed by atoms with van der Waals surface area (Å²) in [7, 11) is 5.41. The number of carbonyl (C=O) groups excluding carboxylic acids is 1. The molecule has 32 heavy (non-hydrogen) atoms. The highest BCUT2D eigenvalue weighted by Gasteiger charge is 2.30. The van der Waals surface area contributed by atoms with Gasteiger partial charge in [0.1, 0.15) is 15.5 Å². The number of thiophene rings is 1. The van der Waals surface area contributed by atoms with Gasteiger partial charge in [-0.1, -0.05) is 6.07 Å². The van der Waals surface area contributed by atoms with E-state index in [1.807, 2.05) is 18.2 Å². The van der Waals surface area contributed by atoms with Crippen LogP contribution in [0.3, 0.4) is 0 Å². The standard InChI is InChI=1S/C24H26N4O3S/c1-25-23(29)22-21(18-5-4-8-26-24(18)32-22)20-14-28(9-10-31-20)13-15-12-27(2)19-11-16(30-3)6-7-17(15)19/h4-8,11-12,20H,9-10,13-14H2,1-3H3,(H,25,29)/t20-/m0/s1. The lowest BCUT2D eigenvalue weighted by Crippen LogP contribution is -2.38. The molecule has 0 unspecified atom stereocenters. The van der Waals surface area contributed by atoms with Crippen LogP contribution < -0.4 is 10.1 Å². The number of morpholine rings is 1. The molecule has 0 radical (unpaired) electrons. The Kier molecular flexibility index (Phi) is 5.58. The molecule has 7 nitrogen and oxygen atoms in total. The highest BCUT2D eigenvalue weighted by Crippen LogP contribution is 2.37. The monoisotopic (exact) mass is 450 g/mol. The maximum Gasteiger partial charge on any atom is 0.261 e. The number of fused-ring (bicyclic) bond motifs is 2. The van der Waals surface area contributed by atoms with Crippen molar-refractivity contribution in [1.82, 2.24) is 19.8 Å². The molecular weight excluding hydrogens is 424 g/mol. The highest BCUT2D eigenvalue weighted by atomic mass is 32.1. The smallest absolute Gasteiger partial charge is 0.261 e. The van der Waals surface area contributed by atoms with Gasteiger partial charge in [0.15, 0.2) is 0 Å². The quantitative estimate of drug-likeness (QED) is 0.502. The molecule has 4 heterocycles. The fourth-order valence-electron chi connectivity index (χ4n) is 4.52. The minimum Gasteiger partial charge on any atom is -0.497 e. The van der Waals surface area contributed by atoms with Crippen LogP contribution in [0.25, 0.3) is 21.1 Å². The van der Waals surface area contributed by atoms with Gasteiger partial charge in [-0.15, -0.1) is 11.3 Å². The summed E-state index contributed by atoms with van der Waals surface area (Å²) in [6.07, 6.45) is 3.78. The summed E-state index contributed by atoms with van der Waals surface area (Å²) < 4.78 is 13.7. The summed E-state index contributed by atoms with van der Waals surface area (Å²) in [6, 6.07) is 10.1. The number of benzene rings is 1. The average molecular weight is 451 g/mol. The Hall–Kier alpha value is -2.94. The Morgan fingerprint density at radius 3 is 3.03 bits per heavy atom. The largest absolute Gasteiger partial charge is 0.497 e. The number of aryl methyl sites for hydroxylation is 1. The van der Waals surface area contributed by atoms with Gasteiger partial charge in [-0.3, -0.25) is 9.69 Å². The number of pyridine rings is 1. The van der Waals surface area contributed by atoms with Gasteiger partial charge in [0.05, 0.1) is 25.3 Å². The van der Waals surface area contributed by atoms with Gasteiger partial charge in [0, 0.05) is 68.5 Å². The summed E-state index contributed by atoms with van der Waals surface area (Å²) in [6.45, 7) is 3.00. The number of hydrogen-bond donors (Lipinski definition) is 1. The zero-order chi connectivity index (χ0) is 22.2. The van der Waals surface area contributed by atoms with Crippen LogP contribution in [-0.4, -0.2) is 54.2 Å². The first kappa shape index (κ1) is 20.9. The molecule has 1 saturated heterocycles. The predicted molar refractivity (Wildman–Crippen MR) is 126 cm³/mol. The molecule has 1 N–H and O–H groups in total. The van der Waals surface area contributed by atoms with E-state index in [2.05, 4.69) is 45.1 Å². The van der Waals surface area contributed by atoms with E-state index >= 15 is 0 Å². The molecule has 1 amide bonds. The summed E-state index contributed by atoms with van der Waals surface area (Å²) in [4.78, 5) is 21.0. The number of nitrogens with zero attached hydrogens (tertiary/aromatic N) is 3. The number of nitrogens with one attached hydrogen (secondary N) is 1. The topological polar surface area (TPSA) is 68.6 Å². The normalized spacial score (nSPS) is 17.2. The van der Waals surface area contributed by atoms with Crippen LogP contribution in [0, 0.1) is 0 Å². The van der Waals surface area contributed by atoms with E-state index in [1.54, 1.807) is 20.4 Å². The fourth-order valence-corrected chi connectivity index (χ4v) is 5.66. The first-order chi connectivity index (χ1) is 15.6. The summed E-state index contributed by atoms with van der Waals surface area (Å²) >= 11 is 1.43. The van der Waals surface area contributed by atoms with Crippen molar-refractivity contribution in [3.63, 3.8) is 0 Å². The molecule has 1 aliphatic heterocycles. The zero-order valence-electron chi connectivity index (χ0n) is 18.4. The molecule has 1 fully saturated rings. The van der Waals surface area contributed by atoms with E-state index in [0.717, 1.165) is 46.7 Å². The first-order valence-electron chi connectivity index (χ1n) is 10.6. The molecule has 0 bridgehead atoms. The van der Waals surface area contributed by atoms with Gasteiger partial charge in [0.2, 0.25) is 0 Å². The molecule has 166 valence electrons. The second-order valence-corrected chi connectivity index (χ2v) is 9.02. The molecular formula is C24H26N4O3S. The molecule has 8 heteroatoms. The summed E-state index contributed by atoms with van der Waals surface area (Å²) in [5.41, 5.74) is 3.37. The molecule has 1 aromatic carbocycles. The number of amides is 1. The lowest BCUT2D eigenvalue weighted by molar-refractivity contribution is -0.0322. The van der Waals surface area contributed by atoms with Gasteiger partial charge in [0.25, 0.3) is 5.91 Å². The Morgan fingerprint density at radius 2 is 2.22 bits per heavy atom. The Bertz CT molecular complexity index is 1300. The van der Waals surface area contributed by atoms with Crippen LogP contribution in [0.5, 0.6) is 5.75 Å². The number of rotatable bonds is 5. The van der Waals surface area contributed by atoms with Gasteiger partial charge in [-0.2, -0.15) is 0 Å². The van der Waals surface area contributed by atoms with Crippen LogP contribution in [0.15, 0.2) is 42.7 Å². The van der Waals surface area contributed by atoms with E-state index in [9.17, 15) is 4.79 Å². The number of ether oxygens (including phenoxy) is 2. The van der Waals surface area contributed by atoms with E-state index in [-0.39, 0.29) is 12.0 Å². The third kappa shape index (κ3) is 3.64. The average Bonchev–Trinajstić information content (AvgIpc) is 3.36. The zero-order valence-corrected chi connectivity index (χ0v) is 19.2. The van der Waals surface area contributed by atoms with E-state index < -0.39 is 0 Å². The second-order valence-electron chi connectivity index (χ2n) is 8.02. The molecule has 0 spiro atoms. The molecule has 0 saturated carbocycles. The van der Waals surface area contributed by atoms with E-state index in [0.29, 0.717) is 11.5 Å². The van der Waals surface area contributed by atoms with Crippen molar-refractivity contribution in [2.24, 2.45) is 7.05 Å². The van der Waals surface area contributed by atoms with Crippen molar-refractivity contribution in [2.45, 2.75) is 12.6 Å². The minimum atomic E-state index is -0.177. The van der Waals surface area contributed by atoms with Crippen molar-refractivity contribution < 1.29 is 14.3 Å². The molecule has 4 aromatic rings. The van der Waals surface area contributed by atoms with Crippen LogP contribution >= 0.6 is 11.3 Å². The highest BCUT2D eigenvalue weighted by molar-refractivity contribution is 7.20. The van der Waals surface area contributed by atoms with Gasteiger partial charge < -0.3 is 19.4 Å². The van der Waals surface area contributed by atoms with Crippen LogP contribution in [0.2, 0.25) is 0 Å². The Balaban J connectivity index is 1.45. The SMILES string of the molecule is CNC(=O)c1sc2ncccc2c1[C@@H]1CN(Cc2cn(C)c3cc(OC)ccc23)CCO1. The molecule has 5 rings (SSSR count). The molecule has 0 aliphatic carbocycles. The summed E-state index contributed by atoms with van der Waals surface area (Å²) in [5.74, 6) is 0.767. The van der Waals surface area contributed by atoms with Crippen molar-refractivity contribution in [3.05, 3.63) is 58.7 Å². The Morgan fingerprint density at radius 1 is 1.34 bits per heavy atom. The van der Waals surface area contributed by atoms with Crippen LogP contribution in [-0.2, 0) is 18.3 Å². The van der Waals surface area contributed by atoms with Gasteiger partial charge in [-0.05, 0) is 23.8 Å². The fraction of sp³-hybridized carbons (Fsp3) is 0.333. The van der Waals surface area contributed by atoms with E-state index in [4.69, 9.17) is 9.47 Å². The summed E-state index contributed by atoms with van der Waals surface area (Å²) in [5, 5.41) is 5.00. The van der Waals surface area contributed by atoms with E-state index in [1.165, 1.54) is 22.3 Å². The van der Waals surface area contributed by atoms with Crippen LogP contribution in [0.4, 0.5) is 0 Å². The van der Waals surface area contributed by atoms with Crippen molar-refractivity contribution in [3.8, 4) is 5.75 Å². The number of hydrogen-bond acceptors (Lipinski definition) is 6. The lowest BCUT2D eigenvalue weighted by Gasteiger charge is -2.33. The predicted octanol–water partition coefficient (Wildman–Crippen LogP) is 3.73. The maximum absolute atomic E-state index is 12.6. The number of carbonyl (C=O) groups is 1. The lowest BCUT2D eigenvalue weighted by atomic mass is 10.0. The number of methoxy groups -OCH3 is 1. The first-order valence-corrected chi connectivity index (χ1v) is 11.5. The minimum absolute atomic E-state index is 0.0910. The maximum atomic E-state index is 12.6. The second kappa shape index (κ2) is 8.54. The molecule has 3 aromatic heterocycles. The third-order valence-electron chi connectivity index (χ3n) is 6.08. The Labute approximate surface area is 190 Å². The third-order valence-corrected chi connectivity index (χ3v) is 7.21. The van der Waals surface area contributed by atoms with Gasteiger partial charge >= 0.3 is 0 Å². The van der Waals surface area contributed by atoms with Crippen molar-refractivity contribution in [2.75, 3.05) is 33.9 Å². The van der Waals surface area contributed by atoms with Crippen molar-refractivity contribution in [1.29, 1.82) is 0 Å². The number of aromatic nitrogens is 2. The molecule has 1 atom stereocenters.